The van der Waals surface area contributed by atoms with Gasteiger partial charge in [0.05, 0.1) is 0 Å². The monoisotopic (exact) mass is 260 g/mol. The number of hydrogen-bond donors (Lipinski definition) is 0. The zero-order valence-corrected chi connectivity index (χ0v) is 11.7. The molecule has 1 aliphatic carbocycles. The van der Waals surface area contributed by atoms with E-state index in [1.54, 1.807) is 0 Å². The van der Waals surface area contributed by atoms with Gasteiger partial charge in [0.2, 0.25) is 0 Å². The Morgan fingerprint density at radius 3 is 2.43 bits per heavy atom. The second-order valence-corrected chi connectivity index (χ2v) is 6.96. The third kappa shape index (κ3) is 2.98. The first-order valence-corrected chi connectivity index (χ1v) is 7.03. The van der Waals surface area contributed by atoms with E-state index in [1.807, 2.05) is 0 Å². The van der Waals surface area contributed by atoms with Crippen LogP contribution in [-0.2, 0) is 0 Å². The second-order valence-electron chi connectivity index (χ2n) is 5.78. The van der Waals surface area contributed by atoms with E-state index in [1.165, 1.54) is 32.1 Å². The van der Waals surface area contributed by atoms with Crippen molar-refractivity contribution in [1.29, 1.82) is 0 Å². The lowest BCUT2D eigenvalue weighted by atomic mass is 9.67. The Balaban J connectivity index is 2.58. The van der Waals surface area contributed by atoms with Gasteiger partial charge in [-0.2, -0.15) is 0 Å². The van der Waals surface area contributed by atoms with Gasteiger partial charge in [-0.3, -0.25) is 0 Å². The van der Waals surface area contributed by atoms with Crippen LogP contribution in [-0.4, -0.2) is 4.83 Å². The number of rotatable bonds is 3. The average molecular weight is 261 g/mol. The van der Waals surface area contributed by atoms with Crippen molar-refractivity contribution < 1.29 is 0 Å². The summed E-state index contributed by atoms with van der Waals surface area (Å²) in [5.74, 6) is 1.81. The van der Waals surface area contributed by atoms with Gasteiger partial charge in [0.1, 0.15) is 0 Å². The smallest absolute Gasteiger partial charge is 0.0181 e. The van der Waals surface area contributed by atoms with Crippen LogP contribution in [0.5, 0.6) is 0 Å². The van der Waals surface area contributed by atoms with Gasteiger partial charge in [-0.05, 0) is 36.5 Å². The minimum Gasteiger partial charge on any atom is -0.0887 e. The van der Waals surface area contributed by atoms with Crippen LogP contribution in [0.15, 0.2) is 0 Å². The predicted octanol–water partition coefficient (Wildman–Crippen LogP) is 5.01. The molecule has 0 saturated heterocycles. The molecule has 0 aliphatic heterocycles. The van der Waals surface area contributed by atoms with Crippen molar-refractivity contribution >= 4 is 15.9 Å². The standard InChI is InChI=1S/C13H25Br/c1-5-8-13(3,4)11-7-6-10(2)9-12(11)14/h10-12H,5-9H2,1-4H3. The van der Waals surface area contributed by atoms with Crippen molar-refractivity contribution in [2.24, 2.45) is 17.3 Å². The number of hydrogen-bond acceptors (Lipinski definition) is 0. The summed E-state index contributed by atoms with van der Waals surface area (Å²) in [7, 11) is 0. The van der Waals surface area contributed by atoms with Crippen LogP contribution in [0.2, 0.25) is 0 Å². The summed E-state index contributed by atoms with van der Waals surface area (Å²) in [4.78, 5) is 0.757. The summed E-state index contributed by atoms with van der Waals surface area (Å²) >= 11 is 3.90. The Hall–Kier alpha value is 0.480. The van der Waals surface area contributed by atoms with Gasteiger partial charge in [-0.25, -0.2) is 0 Å². The van der Waals surface area contributed by atoms with Crippen molar-refractivity contribution in [1.82, 2.24) is 0 Å². The van der Waals surface area contributed by atoms with E-state index in [-0.39, 0.29) is 0 Å². The van der Waals surface area contributed by atoms with Gasteiger partial charge in [-0.15, -0.1) is 0 Å². The molecule has 1 heteroatoms. The first-order valence-electron chi connectivity index (χ1n) is 6.11. The maximum Gasteiger partial charge on any atom is 0.0181 e. The Labute approximate surface area is 98.0 Å². The summed E-state index contributed by atoms with van der Waals surface area (Å²) in [6.07, 6.45) is 6.91. The molecule has 1 fully saturated rings. The molecule has 0 aromatic rings. The third-order valence-corrected chi connectivity index (χ3v) is 4.94. The van der Waals surface area contributed by atoms with E-state index < -0.39 is 0 Å². The molecule has 1 aliphatic rings. The quantitative estimate of drug-likeness (QED) is 0.626. The Morgan fingerprint density at radius 2 is 1.93 bits per heavy atom. The molecule has 3 unspecified atom stereocenters. The summed E-state index contributed by atoms with van der Waals surface area (Å²) in [6, 6.07) is 0. The molecule has 84 valence electrons. The first-order chi connectivity index (χ1) is 6.47. The fraction of sp³-hybridized carbons (Fsp3) is 1.00. The van der Waals surface area contributed by atoms with Crippen LogP contribution in [0.3, 0.4) is 0 Å². The summed E-state index contributed by atoms with van der Waals surface area (Å²) in [5.41, 5.74) is 0.531. The highest BCUT2D eigenvalue weighted by molar-refractivity contribution is 9.09. The number of halogens is 1. The third-order valence-electron chi connectivity index (χ3n) is 3.93. The molecular weight excluding hydrogens is 236 g/mol. The van der Waals surface area contributed by atoms with Crippen LogP contribution >= 0.6 is 15.9 Å². The molecule has 0 aromatic heterocycles. The van der Waals surface area contributed by atoms with Gasteiger partial charge >= 0.3 is 0 Å². The lowest BCUT2D eigenvalue weighted by Gasteiger charge is -2.42. The SMILES string of the molecule is CCCC(C)(C)C1CCC(C)CC1Br. The van der Waals surface area contributed by atoms with E-state index in [9.17, 15) is 0 Å². The lowest BCUT2D eigenvalue weighted by Crippen LogP contribution is -2.35. The Bertz CT molecular complexity index is 174. The van der Waals surface area contributed by atoms with Crippen molar-refractivity contribution in [3.63, 3.8) is 0 Å². The molecule has 1 saturated carbocycles. The fourth-order valence-corrected chi connectivity index (χ4v) is 4.64. The molecule has 14 heavy (non-hydrogen) atoms. The summed E-state index contributed by atoms with van der Waals surface area (Å²) in [5, 5.41) is 0. The van der Waals surface area contributed by atoms with E-state index in [0.29, 0.717) is 5.41 Å². The van der Waals surface area contributed by atoms with Crippen molar-refractivity contribution in [2.45, 2.75) is 64.6 Å². The molecule has 0 nitrogen and oxygen atoms in total. The van der Waals surface area contributed by atoms with Crippen LogP contribution in [0.4, 0.5) is 0 Å². The second kappa shape index (κ2) is 5.01. The van der Waals surface area contributed by atoms with Crippen molar-refractivity contribution in [3.05, 3.63) is 0 Å². The highest BCUT2D eigenvalue weighted by atomic mass is 79.9. The molecule has 0 bridgehead atoms. The topological polar surface area (TPSA) is 0 Å². The van der Waals surface area contributed by atoms with Crippen LogP contribution in [0.25, 0.3) is 0 Å². The molecule has 0 heterocycles. The first kappa shape index (κ1) is 12.5. The van der Waals surface area contributed by atoms with Crippen molar-refractivity contribution in [3.8, 4) is 0 Å². The van der Waals surface area contributed by atoms with E-state index in [0.717, 1.165) is 16.7 Å². The Kier molecular flexibility index (Phi) is 4.49. The number of alkyl halides is 1. The largest absolute Gasteiger partial charge is 0.0887 e. The van der Waals surface area contributed by atoms with Gasteiger partial charge in [0, 0.05) is 4.83 Å². The maximum absolute atomic E-state index is 3.90. The van der Waals surface area contributed by atoms with Gasteiger partial charge in [0.15, 0.2) is 0 Å². The van der Waals surface area contributed by atoms with E-state index in [4.69, 9.17) is 0 Å². The van der Waals surface area contributed by atoms with Crippen LogP contribution in [0, 0.1) is 17.3 Å². The van der Waals surface area contributed by atoms with Crippen LogP contribution < -0.4 is 0 Å². The maximum atomic E-state index is 3.90. The molecule has 1 rings (SSSR count). The summed E-state index contributed by atoms with van der Waals surface area (Å²) in [6.45, 7) is 9.59. The normalized spacial score (nSPS) is 34.5. The molecule has 3 atom stereocenters. The zero-order valence-electron chi connectivity index (χ0n) is 10.1. The van der Waals surface area contributed by atoms with Gasteiger partial charge in [-0.1, -0.05) is 56.5 Å². The highest BCUT2D eigenvalue weighted by Gasteiger charge is 2.36. The molecule has 0 amide bonds. The molecule has 0 aromatic carbocycles. The summed E-state index contributed by atoms with van der Waals surface area (Å²) < 4.78 is 0. The minimum absolute atomic E-state index is 0.531. The Morgan fingerprint density at radius 1 is 1.29 bits per heavy atom. The lowest BCUT2D eigenvalue weighted by molar-refractivity contribution is 0.136. The molecule has 0 N–H and O–H groups in total. The molecule has 0 spiro atoms. The predicted molar refractivity (Wildman–Crippen MR) is 67.9 cm³/mol. The molecular formula is C13H25Br. The molecule has 0 radical (unpaired) electrons. The van der Waals surface area contributed by atoms with E-state index in [2.05, 4.69) is 43.6 Å². The van der Waals surface area contributed by atoms with Crippen molar-refractivity contribution in [2.75, 3.05) is 0 Å². The zero-order chi connectivity index (χ0) is 10.8. The minimum atomic E-state index is 0.531. The van der Waals surface area contributed by atoms with Gasteiger partial charge < -0.3 is 0 Å². The highest BCUT2D eigenvalue weighted by Crippen LogP contribution is 2.45. The van der Waals surface area contributed by atoms with Gasteiger partial charge in [0.25, 0.3) is 0 Å². The fourth-order valence-electron chi connectivity index (χ4n) is 3.02. The van der Waals surface area contributed by atoms with E-state index >= 15 is 0 Å². The van der Waals surface area contributed by atoms with Crippen LogP contribution in [0.1, 0.15) is 59.8 Å². The average Bonchev–Trinajstić information content (AvgIpc) is 2.02.